The van der Waals surface area contributed by atoms with Crippen LogP contribution in [0.3, 0.4) is 0 Å². The van der Waals surface area contributed by atoms with Gasteiger partial charge in [-0.2, -0.15) is 0 Å². The van der Waals surface area contributed by atoms with Crippen molar-refractivity contribution in [3.63, 3.8) is 0 Å². The Morgan fingerprint density at radius 2 is 1.42 bits per heavy atom. The molecule has 244 valence electrons. The predicted molar refractivity (Wildman–Crippen MR) is 207 cm³/mol. The molecule has 0 saturated heterocycles. The first kappa shape index (κ1) is 33.4. The highest BCUT2D eigenvalue weighted by Gasteiger charge is 2.24. The fourth-order valence-corrected chi connectivity index (χ4v) is 7.18. The largest absolute Gasteiger partial charge is 0.507 e. The van der Waals surface area contributed by atoms with Crippen molar-refractivity contribution >= 4 is 33.5 Å². The standard InChI is InChI=1S/C44H46N2OS/c1-28(2)23-29-13-11-14-32(24-29)30-19-21-31(22-20-30)35-16-12-18-39-40(35)46-42(48-39)36-15-9-10-17-38(36)45-27-33-25-34(43(3,4)5)26-37(41(33)47)44(6,7)8/h9-22,24-28,47H,23H2,1-8H3. The number of phenols is 1. The molecule has 0 aliphatic carbocycles. The number of phenolic OH excluding ortho intramolecular Hbond substituents is 1. The van der Waals surface area contributed by atoms with Crippen LogP contribution in [0.25, 0.3) is 43.0 Å². The second-order valence-electron chi connectivity index (χ2n) is 15.3. The Labute approximate surface area is 290 Å². The second kappa shape index (κ2) is 13.2. The van der Waals surface area contributed by atoms with Crippen LogP contribution in [0, 0.1) is 5.92 Å². The highest BCUT2D eigenvalue weighted by molar-refractivity contribution is 7.21. The maximum atomic E-state index is 11.3. The summed E-state index contributed by atoms with van der Waals surface area (Å²) in [6.45, 7) is 17.5. The van der Waals surface area contributed by atoms with Crippen LogP contribution in [0.2, 0.25) is 0 Å². The third-order valence-electron chi connectivity index (χ3n) is 8.81. The van der Waals surface area contributed by atoms with E-state index in [4.69, 9.17) is 9.98 Å². The van der Waals surface area contributed by atoms with Gasteiger partial charge >= 0.3 is 0 Å². The van der Waals surface area contributed by atoms with Gasteiger partial charge in [0.05, 0.1) is 15.9 Å². The number of hydrogen-bond acceptors (Lipinski definition) is 4. The zero-order chi connectivity index (χ0) is 34.2. The lowest BCUT2D eigenvalue weighted by molar-refractivity contribution is 0.444. The van der Waals surface area contributed by atoms with E-state index in [2.05, 4.69) is 140 Å². The summed E-state index contributed by atoms with van der Waals surface area (Å²) in [6, 6.07) is 36.5. The van der Waals surface area contributed by atoms with Crippen LogP contribution >= 0.6 is 11.3 Å². The monoisotopic (exact) mass is 650 g/mol. The number of aliphatic imine (C=N–C) groups is 1. The molecule has 0 atom stereocenters. The predicted octanol–water partition coefficient (Wildman–Crippen LogP) is 12.5. The number of aromatic nitrogens is 1. The van der Waals surface area contributed by atoms with Crippen LogP contribution in [-0.2, 0) is 17.3 Å². The third-order valence-corrected chi connectivity index (χ3v) is 9.86. The number of rotatable bonds is 7. The molecule has 0 unspecified atom stereocenters. The molecule has 1 N–H and O–H groups in total. The van der Waals surface area contributed by atoms with E-state index in [1.807, 2.05) is 18.2 Å². The second-order valence-corrected chi connectivity index (χ2v) is 16.3. The van der Waals surface area contributed by atoms with E-state index in [0.29, 0.717) is 5.92 Å². The molecule has 6 rings (SSSR count). The Balaban J connectivity index is 1.34. The SMILES string of the molecule is CC(C)Cc1cccc(-c2ccc(-c3cccc4sc(-c5ccccc5N=Cc5cc(C(C)(C)C)cc(C(C)(C)C)c5O)nc34)cc2)c1. The molecule has 0 amide bonds. The summed E-state index contributed by atoms with van der Waals surface area (Å²) in [5.74, 6) is 0.918. The van der Waals surface area contributed by atoms with E-state index in [1.165, 1.54) is 22.3 Å². The summed E-state index contributed by atoms with van der Waals surface area (Å²) in [6.07, 6.45) is 2.89. The highest BCUT2D eigenvalue weighted by atomic mass is 32.1. The van der Waals surface area contributed by atoms with E-state index in [0.717, 1.165) is 55.1 Å². The number of benzene rings is 5. The summed E-state index contributed by atoms with van der Waals surface area (Å²) >= 11 is 1.68. The molecular weight excluding hydrogens is 605 g/mol. The molecule has 0 aliphatic rings. The smallest absolute Gasteiger partial charge is 0.128 e. The minimum Gasteiger partial charge on any atom is -0.507 e. The molecule has 0 spiro atoms. The average Bonchev–Trinajstić information content (AvgIpc) is 3.48. The minimum atomic E-state index is -0.205. The Morgan fingerprint density at radius 1 is 0.729 bits per heavy atom. The topological polar surface area (TPSA) is 45.5 Å². The van der Waals surface area contributed by atoms with Crippen molar-refractivity contribution in [3.05, 3.63) is 125 Å². The van der Waals surface area contributed by atoms with Crippen molar-refractivity contribution in [1.29, 1.82) is 0 Å². The fraction of sp³-hybridized carbons (Fsp3) is 0.273. The Kier molecular flexibility index (Phi) is 9.15. The molecule has 6 aromatic rings. The van der Waals surface area contributed by atoms with Crippen LogP contribution in [0.15, 0.2) is 108 Å². The first-order valence-electron chi connectivity index (χ1n) is 16.9. The summed E-state index contributed by atoms with van der Waals surface area (Å²) in [7, 11) is 0. The zero-order valence-electron chi connectivity index (χ0n) is 29.4. The lowest BCUT2D eigenvalue weighted by Gasteiger charge is -2.27. The normalized spacial score (nSPS) is 12.4. The van der Waals surface area contributed by atoms with Gasteiger partial charge in [0.2, 0.25) is 0 Å². The molecule has 0 radical (unpaired) electrons. The maximum Gasteiger partial charge on any atom is 0.128 e. The molecule has 4 heteroatoms. The number of thiazole rings is 1. The van der Waals surface area contributed by atoms with Gasteiger partial charge < -0.3 is 5.11 Å². The van der Waals surface area contributed by atoms with E-state index < -0.39 is 0 Å². The third kappa shape index (κ3) is 7.15. The number of para-hydroxylation sites is 2. The van der Waals surface area contributed by atoms with Gasteiger partial charge in [-0.3, -0.25) is 4.99 Å². The summed E-state index contributed by atoms with van der Waals surface area (Å²) < 4.78 is 1.14. The van der Waals surface area contributed by atoms with E-state index >= 15 is 0 Å². The molecular formula is C44H46N2OS. The first-order chi connectivity index (χ1) is 22.8. The number of aromatic hydroxyl groups is 1. The van der Waals surface area contributed by atoms with Crippen LogP contribution in [0.5, 0.6) is 5.75 Å². The molecule has 48 heavy (non-hydrogen) atoms. The van der Waals surface area contributed by atoms with Gasteiger partial charge in [-0.1, -0.05) is 134 Å². The molecule has 1 heterocycles. The first-order valence-corrected chi connectivity index (χ1v) is 17.7. The van der Waals surface area contributed by atoms with E-state index in [9.17, 15) is 5.11 Å². The summed E-state index contributed by atoms with van der Waals surface area (Å²) in [5.41, 5.74) is 11.5. The van der Waals surface area contributed by atoms with Crippen LogP contribution in [-0.4, -0.2) is 16.3 Å². The highest BCUT2D eigenvalue weighted by Crippen LogP contribution is 2.41. The van der Waals surface area contributed by atoms with Gasteiger partial charge in [0.25, 0.3) is 0 Å². The van der Waals surface area contributed by atoms with Crippen LogP contribution < -0.4 is 0 Å². The van der Waals surface area contributed by atoms with Gasteiger partial charge in [-0.25, -0.2) is 4.98 Å². The molecule has 1 aromatic heterocycles. The molecule has 5 aromatic carbocycles. The minimum absolute atomic E-state index is 0.0637. The zero-order valence-corrected chi connectivity index (χ0v) is 30.2. The number of nitrogens with zero attached hydrogens (tertiary/aromatic N) is 2. The molecule has 0 saturated carbocycles. The number of hydrogen-bond donors (Lipinski definition) is 1. The van der Waals surface area contributed by atoms with Crippen molar-refractivity contribution in [2.24, 2.45) is 10.9 Å². The van der Waals surface area contributed by atoms with Crippen LogP contribution in [0.1, 0.15) is 77.6 Å². The molecule has 0 aliphatic heterocycles. The van der Waals surface area contributed by atoms with Crippen molar-refractivity contribution in [1.82, 2.24) is 4.98 Å². The van der Waals surface area contributed by atoms with Crippen molar-refractivity contribution in [2.45, 2.75) is 72.6 Å². The molecule has 0 fully saturated rings. The Hall–Kier alpha value is -4.54. The van der Waals surface area contributed by atoms with Crippen molar-refractivity contribution in [3.8, 4) is 38.6 Å². The summed E-state index contributed by atoms with van der Waals surface area (Å²) in [4.78, 5) is 10.2. The molecule has 0 bridgehead atoms. The van der Waals surface area contributed by atoms with Gasteiger partial charge in [0.1, 0.15) is 10.8 Å². The van der Waals surface area contributed by atoms with Crippen molar-refractivity contribution in [2.75, 3.05) is 0 Å². The molecule has 3 nitrogen and oxygen atoms in total. The maximum absolute atomic E-state index is 11.3. The van der Waals surface area contributed by atoms with Gasteiger partial charge in [0.15, 0.2) is 0 Å². The van der Waals surface area contributed by atoms with E-state index in [-0.39, 0.29) is 16.6 Å². The average molecular weight is 651 g/mol. The van der Waals surface area contributed by atoms with Gasteiger partial charge in [-0.15, -0.1) is 11.3 Å². The lowest BCUT2D eigenvalue weighted by Crippen LogP contribution is -2.17. The Bertz CT molecular complexity index is 2100. The van der Waals surface area contributed by atoms with E-state index in [1.54, 1.807) is 17.6 Å². The lowest BCUT2D eigenvalue weighted by atomic mass is 9.79. The summed E-state index contributed by atoms with van der Waals surface area (Å²) in [5, 5.41) is 12.3. The van der Waals surface area contributed by atoms with Crippen molar-refractivity contribution < 1.29 is 5.11 Å². The Morgan fingerprint density at radius 3 is 2.12 bits per heavy atom. The quantitative estimate of drug-likeness (QED) is 0.175. The fourth-order valence-electron chi connectivity index (χ4n) is 6.15. The number of fused-ring (bicyclic) bond motifs is 1. The van der Waals surface area contributed by atoms with Gasteiger partial charge in [0, 0.05) is 28.5 Å². The van der Waals surface area contributed by atoms with Gasteiger partial charge in [-0.05, 0) is 75.3 Å². The van der Waals surface area contributed by atoms with Crippen LogP contribution in [0.4, 0.5) is 5.69 Å².